The fourth-order valence-electron chi connectivity index (χ4n) is 3.55. The third kappa shape index (κ3) is 5.18. The molecule has 4 rings (SSSR count). The van der Waals surface area contributed by atoms with Gasteiger partial charge in [0, 0.05) is 37.6 Å². The summed E-state index contributed by atoms with van der Waals surface area (Å²) >= 11 is 0. The summed E-state index contributed by atoms with van der Waals surface area (Å²) < 4.78 is 13.9. The molecule has 9 heteroatoms. The molecule has 0 atom stereocenters. The Morgan fingerprint density at radius 1 is 1.29 bits per heavy atom. The van der Waals surface area contributed by atoms with Crippen molar-refractivity contribution >= 4 is 11.8 Å². The Bertz CT molecular complexity index is 1100. The van der Waals surface area contributed by atoms with Crippen LogP contribution in [0.3, 0.4) is 0 Å². The Kier molecular flexibility index (Phi) is 6.42. The Balaban J connectivity index is 1.52. The quantitative estimate of drug-likeness (QED) is 0.654. The maximum atomic E-state index is 12.4. The van der Waals surface area contributed by atoms with Crippen LogP contribution < -0.4 is 10.7 Å². The summed E-state index contributed by atoms with van der Waals surface area (Å²) in [6.07, 6.45) is 7.03. The number of aromatic nitrogens is 4. The van der Waals surface area contributed by atoms with Crippen LogP contribution in [0, 0.1) is 0 Å². The van der Waals surface area contributed by atoms with Gasteiger partial charge in [0.2, 0.25) is 5.43 Å². The summed E-state index contributed by atoms with van der Waals surface area (Å²) in [5.74, 6) is 0. The van der Waals surface area contributed by atoms with Crippen molar-refractivity contribution in [2.45, 2.75) is 32.2 Å². The van der Waals surface area contributed by atoms with Gasteiger partial charge in [0.1, 0.15) is 11.4 Å². The van der Waals surface area contributed by atoms with Crippen LogP contribution >= 0.6 is 0 Å². The van der Waals surface area contributed by atoms with Gasteiger partial charge >= 0.3 is 6.09 Å². The first-order valence-electron chi connectivity index (χ1n) is 10.4. The molecule has 0 aliphatic carbocycles. The molecule has 0 bridgehead atoms. The van der Waals surface area contributed by atoms with Crippen LogP contribution in [0.1, 0.15) is 37.1 Å². The van der Waals surface area contributed by atoms with Crippen molar-refractivity contribution in [2.24, 2.45) is 0 Å². The van der Waals surface area contributed by atoms with Crippen LogP contribution in [0.5, 0.6) is 0 Å². The van der Waals surface area contributed by atoms with Crippen molar-refractivity contribution in [1.29, 1.82) is 0 Å². The molecule has 3 heterocycles. The largest absolute Gasteiger partial charge is 0.450 e. The van der Waals surface area contributed by atoms with Gasteiger partial charge in [-0.25, -0.2) is 9.48 Å². The van der Waals surface area contributed by atoms with E-state index < -0.39 is 6.09 Å². The molecule has 1 aromatic carbocycles. The number of rotatable bonds is 6. The molecule has 162 valence electrons. The molecule has 1 amide bonds. The number of nitrogens with zero attached hydrogens (tertiary/aromatic N) is 4. The minimum atomic E-state index is -0.513. The molecule has 0 spiro atoms. The molecule has 9 nitrogen and oxygen atoms in total. The standard InChI is InChI=1S/C22H25N5O4/c1-2-31-22(29)24-17-5-3-4-16(12-17)13-20-21(28)6-9-26(25-20)19-14-23-27(15-19)18-7-10-30-11-8-18/h3-6,9,12,14-15,18H,2,7-8,10-11,13H2,1H3,(H,24,29). The van der Waals surface area contributed by atoms with E-state index in [0.717, 1.165) is 37.3 Å². The van der Waals surface area contributed by atoms with Gasteiger partial charge in [0.25, 0.3) is 0 Å². The van der Waals surface area contributed by atoms with Crippen LogP contribution in [0.15, 0.2) is 53.7 Å². The van der Waals surface area contributed by atoms with Crippen LogP contribution in [-0.4, -0.2) is 45.5 Å². The molecule has 1 aliphatic heterocycles. The van der Waals surface area contributed by atoms with Crippen LogP contribution in [0.2, 0.25) is 0 Å². The average molecular weight is 423 g/mol. The molecule has 0 unspecified atom stereocenters. The van der Waals surface area contributed by atoms with Gasteiger partial charge in [-0.3, -0.25) is 14.8 Å². The van der Waals surface area contributed by atoms with E-state index in [1.807, 2.05) is 23.0 Å². The molecule has 1 aliphatic rings. The van der Waals surface area contributed by atoms with Crippen LogP contribution in [0.4, 0.5) is 10.5 Å². The summed E-state index contributed by atoms with van der Waals surface area (Å²) in [7, 11) is 0. The van der Waals surface area contributed by atoms with Gasteiger partial charge < -0.3 is 9.47 Å². The summed E-state index contributed by atoms with van der Waals surface area (Å²) in [4.78, 5) is 24.0. The molecule has 3 aromatic rings. The third-order valence-corrected chi connectivity index (χ3v) is 5.12. The predicted molar refractivity (Wildman–Crippen MR) is 115 cm³/mol. The number of carbonyl (C=O) groups is 1. The fraction of sp³-hybridized carbons (Fsp3) is 0.364. The Hall–Kier alpha value is -3.46. The number of hydrogen-bond acceptors (Lipinski definition) is 6. The van der Waals surface area contributed by atoms with Gasteiger partial charge in [0.15, 0.2) is 0 Å². The second-order valence-electron chi connectivity index (χ2n) is 7.32. The van der Waals surface area contributed by atoms with Crippen molar-refractivity contribution in [3.63, 3.8) is 0 Å². The summed E-state index contributed by atoms with van der Waals surface area (Å²) in [6, 6.07) is 9.10. The van der Waals surface area contributed by atoms with E-state index in [1.165, 1.54) is 6.07 Å². The third-order valence-electron chi connectivity index (χ3n) is 5.12. The van der Waals surface area contributed by atoms with Crippen molar-refractivity contribution < 1.29 is 14.3 Å². The molecule has 1 N–H and O–H groups in total. The highest BCUT2D eigenvalue weighted by Crippen LogP contribution is 2.21. The number of ether oxygens (including phenoxy) is 2. The van der Waals surface area contributed by atoms with E-state index in [4.69, 9.17) is 9.47 Å². The molecule has 1 saturated heterocycles. The molecule has 31 heavy (non-hydrogen) atoms. The maximum absolute atomic E-state index is 12.4. The van der Waals surface area contributed by atoms with E-state index in [2.05, 4.69) is 15.5 Å². The first-order chi connectivity index (χ1) is 15.1. The minimum absolute atomic E-state index is 0.142. The lowest BCUT2D eigenvalue weighted by molar-refractivity contribution is 0.0662. The zero-order valence-electron chi connectivity index (χ0n) is 17.4. The summed E-state index contributed by atoms with van der Waals surface area (Å²) in [5, 5.41) is 11.7. The molecule has 0 radical (unpaired) electrons. The van der Waals surface area contributed by atoms with E-state index in [-0.39, 0.29) is 5.43 Å². The number of carbonyl (C=O) groups excluding carboxylic acids is 1. The Morgan fingerprint density at radius 2 is 2.13 bits per heavy atom. The Morgan fingerprint density at radius 3 is 2.94 bits per heavy atom. The first kappa shape index (κ1) is 20.8. The fourth-order valence-corrected chi connectivity index (χ4v) is 3.55. The van der Waals surface area contributed by atoms with Crippen molar-refractivity contribution in [1.82, 2.24) is 19.6 Å². The lowest BCUT2D eigenvalue weighted by Gasteiger charge is -2.22. The first-order valence-corrected chi connectivity index (χ1v) is 10.4. The van der Waals surface area contributed by atoms with Crippen LogP contribution in [-0.2, 0) is 15.9 Å². The van der Waals surface area contributed by atoms with E-state index in [1.54, 1.807) is 36.1 Å². The number of anilines is 1. The van der Waals surface area contributed by atoms with Gasteiger partial charge in [-0.2, -0.15) is 10.2 Å². The van der Waals surface area contributed by atoms with E-state index >= 15 is 0 Å². The normalized spacial score (nSPS) is 14.4. The van der Waals surface area contributed by atoms with E-state index in [0.29, 0.717) is 30.5 Å². The van der Waals surface area contributed by atoms with Gasteiger partial charge in [0.05, 0.1) is 25.0 Å². The minimum Gasteiger partial charge on any atom is -0.450 e. The highest BCUT2D eigenvalue weighted by Gasteiger charge is 2.17. The second-order valence-corrected chi connectivity index (χ2v) is 7.32. The second kappa shape index (κ2) is 9.57. The monoisotopic (exact) mass is 423 g/mol. The van der Waals surface area contributed by atoms with Gasteiger partial charge in [-0.15, -0.1) is 0 Å². The predicted octanol–water partition coefficient (Wildman–Crippen LogP) is 2.94. The zero-order valence-corrected chi connectivity index (χ0v) is 17.4. The van der Waals surface area contributed by atoms with Gasteiger partial charge in [-0.1, -0.05) is 12.1 Å². The van der Waals surface area contributed by atoms with Crippen LogP contribution in [0.25, 0.3) is 5.69 Å². The smallest absolute Gasteiger partial charge is 0.411 e. The maximum Gasteiger partial charge on any atom is 0.411 e. The molecule has 0 saturated carbocycles. The lowest BCUT2D eigenvalue weighted by atomic mass is 10.1. The molecule has 1 fully saturated rings. The molecule has 2 aromatic heterocycles. The zero-order chi connectivity index (χ0) is 21.6. The number of amides is 1. The SMILES string of the molecule is CCOC(=O)Nc1cccc(Cc2nn(-c3cnn(C4CCOCC4)c3)ccc2=O)c1. The number of benzene rings is 1. The van der Waals surface area contributed by atoms with Crippen molar-refractivity contribution in [2.75, 3.05) is 25.1 Å². The molecular formula is C22H25N5O4. The Labute approximate surface area is 179 Å². The van der Waals surface area contributed by atoms with E-state index in [9.17, 15) is 9.59 Å². The van der Waals surface area contributed by atoms with Crippen molar-refractivity contribution in [3.05, 3.63) is 70.4 Å². The average Bonchev–Trinajstić information content (AvgIpc) is 3.27. The van der Waals surface area contributed by atoms with Gasteiger partial charge in [-0.05, 0) is 37.5 Å². The summed E-state index contributed by atoms with van der Waals surface area (Å²) in [6.45, 7) is 3.52. The summed E-state index contributed by atoms with van der Waals surface area (Å²) in [5.41, 5.74) is 2.52. The molecular weight excluding hydrogens is 398 g/mol. The highest BCUT2D eigenvalue weighted by molar-refractivity contribution is 5.84. The lowest BCUT2D eigenvalue weighted by Crippen LogP contribution is -2.20. The number of hydrogen-bond donors (Lipinski definition) is 1. The van der Waals surface area contributed by atoms with Crippen molar-refractivity contribution in [3.8, 4) is 5.69 Å². The highest BCUT2D eigenvalue weighted by atomic mass is 16.5. The topological polar surface area (TPSA) is 100 Å². The number of nitrogens with one attached hydrogen (secondary N) is 1.